The Kier molecular flexibility index (Phi) is 7.68. The number of methoxy groups -OCH3 is 1. The second kappa shape index (κ2) is 11.1. The SMILES string of the molecule is COc1cccc(-n2c(-c3ccccc3)cc(C(=O)N(CCN(C)C)Cc3ccccc3)c2C)c1. The maximum Gasteiger partial charge on any atom is 0.256 e. The third-order valence-corrected chi connectivity index (χ3v) is 6.18. The number of rotatable bonds is 9. The molecule has 0 saturated heterocycles. The number of hydrogen-bond acceptors (Lipinski definition) is 3. The van der Waals surface area contributed by atoms with Crippen molar-refractivity contribution in [3.05, 3.63) is 108 Å². The predicted octanol–water partition coefficient (Wildman–Crippen LogP) is 5.67. The number of nitrogens with zero attached hydrogens (tertiary/aromatic N) is 3. The summed E-state index contributed by atoms with van der Waals surface area (Å²) in [6, 6.07) is 30.4. The fraction of sp³-hybridized carbons (Fsp3) is 0.233. The molecule has 0 radical (unpaired) electrons. The van der Waals surface area contributed by atoms with E-state index in [0.29, 0.717) is 18.7 Å². The lowest BCUT2D eigenvalue weighted by molar-refractivity contribution is 0.0731. The zero-order valence-electron chi connectivity index (χ0n) is 20.9. The minimum atomic E-state index is 0.0343. The summed E-state index contributed by atoms with van der Waals surface area (Å²) in [5.41, 5.74) is 5.73. The van der Waals surface area contributed by atoms with E-state index in [1.165, 1.54) is 0 Å². The van der Waals surface area contributed by atoms with Crippen LogP contribution in [0.25, 0.3) is 16.9 Å². The van der Waals surface area contributed by atoms with Crippen molar-refractivity contribution in [2.75, 3.05) is 34.3 Å². The molecule has 0 aliphatic carbocycles. The molecule has 4 aromatic rings. The Morgan fingerprint density at radius 1 is 0.857 bits per heavy atom. The Hall–Kier alpha value is -3.83. The van der Waals surface area contributed by atoms with Gasteiger partial charge in [0.1, 0.15) is 5.75 Å². The zero-order chi connectivity index (χ0) is 24.8. The second-order valence-electron chi connectivity index (χ2n) is 8.95. The van der Waals surface area contributed by atoms with Crippen molar-refractivity contribution in [3.8, 4) is 22.7 Å². The standard InChI is InChI=1S/C30H33N3O2/c1-23-28(30(34)32(19-18-31(2)3)22-24-12-7-5-8-13-24)21-29(25-14-9-6-10-15-25)33(23)26-16-11-17-27(20-26)35-4/h5-17,20-21H,18-19,22H2,1-4H3. The summed E-state index contributed by atoms with van der Waals surface area (Å²) >= 11 is 0. The third-order valence-electron chi connectivity index (χ3n) is 6.18. The molecule has 3 aromatic carbocycles. The normalized spacial score (nSPS) is 11.0. The average Bonchev–Trinajstić information content (AvgIpc) is 3.24. The lowest BCUT2D eigenvalue weighted by Crippen LogP contribution is -2.36. The van der Waals surface area contributed by atoms with Crippen molar-refractivity contribution in [2.24, 2.45) is 0 Å². The van der Waals surface area contributed by atoms with Gasteiger partial charge in [-0.15, -0.1) is 0 Å². The lowest BCUT2D eigenvalue weighted by Gasteiger charge is -2.25. The second-order valence-corrected chi connectivity index (χ2v) is 8.95. The number of benzene rings is 3. The topological polar surface area (TPSA) is 37.7 Å². The molecule has 180 valence electrons. The minimum Gasteiger partial charge on any atom is -0.497 e. The molecule has 0 aliphatic rings. The van der Waals surface area contributed by atoms with E-state index in [0.717, 1.165) is 40.5 Å². The van der Waals surface area contributed by atoms with E-state index in [4.69, 9.17) is 4.74 Å². The largest absolute Gasteiger partial charge is 0.497 e. The third kappa shape index (κ3) is 5.64. The Morgan fingerprint density at radius 3 is 2.20 bits per heavy atom. The molecule has 0 aliphatic heterocycles. The lowest BCUT2D eigenvalue weighted by atomic mass is 10.1. The summed E-state index contributed by atoms with van der Waals surface area (Å²) in [6.45, 7) is 4.02. The number of amides is 1. The van der Waals surface area contributed by atoms with Crippen LogP contribution in [0.5, 0.6) is 5.75 Å². The molecule has 0 fully saturated rings. The Balaban J connectivity index is 1.80. The van der Waals surface area contributed by atoms with Crippen molar-refractivity contribution >= 4 is 5.91 Å². The van der Waals surface area contributed by atoms with Crippen LogP contribution in [0.3, 0.4) is 0 Å². The van der Waals surface area contributed by atoms with E-state index < -0.39 is 0 Å². The number of likely N-dealkylation sites (N-methyl/N-ethyl adjacent to an activating group) is 1. The first kappa shape index (κ1) is 24.3. The van der Waals surface area contributed by atoms with Gasteiger partial charge >= 0.3 is 0 Å². The summed E-state index contributed by atoms with van der Waals surface area (Å²) in [4.78, 5) is 18.1. The molecule has 0 bridgehead atoms. The van der Waals surface area contributed by atoms with Gasteiger partial charge in [-0.25, -0.2) is 0 Å². The highest BCUT2D eigenvalue weighted by atomic mass is 16.5. The zero-order valence-corrected chi connectivity index (χ0v) is 20.9. The Morgan fingerprint density at radius 2 is 1.54 bits per heavy atom. The molecule has 1 heterocycles. The molecule has 0 spiro atoms. The van der Waals surface area contributed by atoms with Gasteiger partial charge in [0.05, 0.1) is 18.4 Å². The molecule has 0 unspecified atom stereocenters. The van der Waals surface area contributed by atoms with Crippen LogP contribution < -0.4 is 4.74 Å². The van der Waals surface area contributed by atoms with Crippen LogP contribution in [0, 0.1) is 6.92 Å². The van der Waals surface area contributed by atoms with Gasteiger partial charge in [-0.05, 0) is 50.3 Å². The average molecular weight is 468 g/mol. The monoisotopic (exact) mass is 467 g/mol. The number of ether oxygens (including phenoxy) is 1. The van der Waals surface area contributed by atoms with Crippen LogP contribution in [0.4, 0.5) is 0 Å². The van der Waals surface area contributed by atoms with Gasteiger partial charge in [0.2, 0.25) is 0 Å². The molecular formula is C30H33N3O2. The van der Waals surface area contributed by atoms with Crippen LogP contribution in [-0.2, 0) is 6.54 Å². The molecule has 5 nitrogen and oxygen atoms in total. The molecule has 0 atom stereocenters. The van der Waals surface area contributed by atoms with Crippen molar-refractivity contribution < 1.29 is 9.53 Å². The van der Waals surface area contributed by atoms with E-state index in [1.807, 2.05) is 92.6 Å². The van der Waals surface area contributed by atoms with E-state index in [2.05, 4.69) is 33.7 Å². The summed E-state index contributed by atoms with van der Waals surface area (Å²) in [5.74, 6) is 0.811. The molecule has 5 heteroatoms. The van der Waals surface area contributed by atoms with Gasteiger partial charge in [0, 0.05) is 37.1 Å². The Labute approximate surface area is 208 Å². The molecular weight excluding hydrogens is 434 g/mol. The van der Waals surface area contributed by atoms with E-state index >= 15 is 0 Å². The summed E-state index contributed by atoms with van der Waals surface area (Å²) in [7, 11) is 5.73. The summed E-state index contributed by atoms with van der Waals surface area (Å²) in [5, 5.41) is 0. The number of hydrogen-bond donors (Lipinski definition) is 0. The Bertz CT molecular complexity index is 1260. The van der Waals surface area contributed by atoms with Gasteiger partial charge < -0.3 is 19.1 Å². The number of aromatic nitrogens is 1. The fourth-order valence-corrected chi connectivity index (χ4v) is 4.27. The highest BCUT2D eigenvalue weighted by molar-refractivity contribution is 5.97. The number of carbonyl (C=O) groups excluding carboxylic acids is 1. The fourth-order valence-electron chi connectivity index (χ4n) is 4.27. The molecule has 4 rings (SSSR count). The first-order chi connectivity index (χ1) is 17.0. The van der Waals surface area contributed by atoms with Gasteiger partial charge in [-0.1, -0.05) is 66.7 Å². The van der Waals surface area contributed by atoms with Crippen LogP contribution in [0.15, 0.2) is 91.0 Å². The molecule has 0 N–H and O–H groups in total. The maximum atomic E-state index is 14.0. The van der Waals surface area contributed by atoms with Crippen LogP contribution in [0.2, 0.25) is 0 Å². The number of carbonyl (C=O) groups is 1. The van der Waals surface area contributed by atoms with Gasteiger partial charge in [0.25, 0.3) is 5.91 Å². The van der Waals surface area contributed by atoms with Crippen molar-refractivity contribution in [2.45, 2.75) is 13.5 Å². The first-order valence-corrected chi connectivity index (χ1v) is 11.9. The smallest absolute Gasteiger partial charge is 0.256 e. The highest BCUT2D eigenvalue weighted by Gasteiger charge is 2.24. The summed E-state index contributed by atoms with van der Waals surface area (Å²) < 4.78 is 7.63. The van der Waals surface area contributed by atoms with Gasteiger partial charge in [0.15, 0.2) is 0 Å². The molecule has 35 heavy (non-hydrogen) atoms. The van der Waals surface area contributed by atoms with Gasteiger partial charge in [-0.3, -0.25) is 4.79 Å². The minimum absolute atomic E-state index is 0.0343. The van der Waals surface area contributed by atoms with Crippen molar-refractivity contribution in [1.29, 1.82) is 0 Å². The highest BCUT2D eigenvalue weighted by Crippen LogP contribution is 2.31. The van der Waals surface area contributed by atoms with E-state index in [9.17, 15) is 4.79 Å². The van der Waals surface area contributed by atoms with E-state index in [-0.39, 0.29) is 5.91 Å². The van der Waals surface area contributed by atoms with Crippen LogP contribution in [-0.4, -0.2) is 54.6 Å². The van der Waals surface area contributed by atoms with Gasteiger partial charge in [-0.2, -0.15) is 0 Å². The van der Waals surface area contributed by atoms with E-state index in [1.54, 1.807) is 7.11 Å². The molecule has 1 aromatic heterocycles. The quantitative estimate of drug-likeness (QED) is 0.319. The van der Waals surface area contributed by atoms with Crippen LogP contribution >= 0.6 is 0 Å². The maximum absolute atomic E-state index is 14.0. The summed E-state index contributed by atoms with van der Waals surface area (Å²) in [6.07, 6.45) is 0. The first-order valence-electron chi connectivity index (χ1n) is 11.9. The van der Waals surface area contributed by atoms with Crippen LogP contribution in [0.1, 0.15) is 21.6 Å². The predicted molar refractivity (Wildman–Crippen MR) is 142 cm³/mol. The molecule has 1 amide bonds. The van der Waals surface area contributed by atoms with Crippen molar-refractivity contribution in [3.63, 3.8) is 0 Å². The molecule has 0 saturated carbocycles. The van der Waals surface area contributed by atoms with Crippen molar-refractivity contribution in [1.82, 2.24) is 14.4 Å².